The van der Waals surface area contributed by atoms with E-state index in [1.54, 1.807) is 14.2 Å². The van der Waals surface area contributed by atoms with Crippen molar-refractivity contribution in [1.29, 1.82) is 0 Å². The molecule has 1 N–H and O–H groups in total. The molecule has 2 rings (SSSR count). The van der Waals surface area contributed by atoms with Crippen LogP contribution in [0.3, 0.4) is 0 Å². The number of methoxy groups -OCH3 is 2. The van der Waals surface area contributed by atoms with Crippen LogP contribution in [0.5, 0.6) is 17.2 Å². The van der Waals surface area contributed by atoms with Gasteiger partial charge in [-0.25, -0.2) is 0 Å². The molecule has 1 aliphatic carbocycles. The van der Waals surface area contributed by atoms with Crippen LogP contribution in [0.2, 0.25) is 0 Å². The molecular weight excluding hydrogens is 244 g/mol. The minimum absolute atomic E-state index is 0.0160. The molecule has 0 bridgehead atoms. The van der Waals surface area contributed by atoms with Crippen LogP contribution in [0.1, 0.15) is 26.7 Å². The molecule has 0 saturated heterocycles. The first kappa shape index (κ1) is 14.0. The number of rotatable bonds is 5. The molecule has 4 heteroatoms. The Morgan fingerprint density at radius 3 is 2.26 bits per heavy atom. The fourth-order valence-corrected chi connectivity index (χ4v) is 2.52. The summed E-state index contributed by atoms with van der Waals surface area (Å²) >= 11 is 0. The van der Waals surface area contributed by atoms with Crippen LogP contribution >= 0.6 is 0 Å². The first-order valence-corrected chi connectivity index (χ1v) is 6.62. The van der Waals surface area contributed by atoms with E-state index in [1.807, 2.05) is 25.1 Å². The number of ether oxygens (including phenoxy) is 3. The molecule has 1 aromatic carbocycles. The van der Waals surface area contributed by atoms with Crippen molar-refractivity contribution in [3.8, 4) is 17.2 Å². The summed E-state index contributed by atoms with van der Waals surface area (Å²) in [6.45, 7) is 4.12. The van der Waals surface area contributed by atoms with Gasteiger partial charge in [0.05, 0.1) is 20.3 Å². The molecule has 3 atom stereocenters. The van der Waals surface area contributed by atoms with E-state index in [1.165, 1.54) is 0 Å². The van der Waals surface area contributed by atoms with Crippen LogP contribution in [-0.4, -0.2) is 31.5 Å². The van der Waals surface area contributed by atoms with Crippen molar-refractivity contribution in [1.82, 2.24) is 0 Å². The van der Waals surface area contributed by atoms with Gasteiger partial charge >= 0.3 is 0 Å². The summed E-state index contributed by atoms with van der Waals surface area (Å²) < 4.78 is 16.7. The van der Waals surface area contributed by atoms with E-state index >= 15 is 0 Å². The summed E-state index contributed by atoms with van der Waals surface area (Å²) in [5.74, 6) is 1.92. The van der Waals surface area contributed by atoms with Gasteiger partial charge in [-0.15, -0.1) is 0 Å². The molecule has 19 heavy (non-hydrogen) atoms. The molecule has 0 aliphatic heterocycles. The van der Waals surface area contributed by atoms with Gasteiger partial charge in [-0.05, 0) is 18.6 Å². The number of aliphatic hydroxyl groups is 1. The second kappa shape index (κ2) is 5.29. The lowest BCUT2D eigenvalue weighted by molar-refractivity contribution is -0.147. The summed E-state index contributed by atoms with van der Waals surface area (Å²) in [7, 11) is 3.21. The predicted molar refractivity (Wildman–Crippen MR) is 73.0 cm³/mol. The summed E-state index contributed by atoms with van der Waals surface area (Å²) in [5, 5.41) is 9.93. The molecular formula is C15H22O4. The number of hydrogen-bond acceptors (Lipinski definition) is 4. The molecule has 0 spiro atoms. The van der Waals surface area contributed by atoms with Crippen LogP contribution in [0.25, 0.3) is 0 Å². The van der Waals surface area contributed by atoms with Crippen LogP contribution in [0.15, 0.2) is 18.2 Å². The van der Waals surface area contributed by atoms with Crippen LogP contribution in [0.4, 0.5) is 0 Å². The van der Waals surface area contributed by atoms with Gasteiger partial charge in [0.25, 0.3) is 0 Å². The van der Waals surface area contributed by atoms with Crippen LogP contribution in [0, 0.1) is 5.41 Å². The summed E-state index contributed by atoms with van der Waals surface area (Å²) in [4.78, 5) is 0. The van der Waals surface area contributed by atoms with Crippen molar-refractivity contribution in [2.24, 2.45) is 5.41 Å². The molecule has 0 radical (unpaired) electrons. The first-order valence-electron chi connectivity index (χ1n) is 6.62. The first-order chi connectivity index (χ1) is 9.06. The lowest BCUT2D eigenvalue weighted by atomic mass is 9.63. The third-order valence-electron chi connectivity index (χ3n) is 4.34. The van der Waals surface area contributed by atoms with Crippen molar-refractivity contribution in [3.05, 3.63) is 18.2 Å². The third-order valence-corrected chi connectivity index (χ3v) is 4.34. The largest absolute Gasteiger partial charge is 0.493 e. The van der Waals surface area contributed by atoms with Gasteiger partial charge in [-0.1, -0.05) is 19.9 Å². The van der Waals surface area contributed by atoms with Gasteiger partial charge in [0, 0.05) is 11.8 Å². The van der Waals surface area contributed by atoms with Crippen molar-refractivity contribution in [2.45, 2.75) is 38.9 Å². The molecule has 0 aromatic heterocycles. The third kappa shape index (κ3) is 2.25. The average molecular weight is 266 g/mol. The molecule has 0 amide bonds. The Bertz CT molecular complexity index is 424. The highest BCUT2D eigenvalue weighted by Gasteiger charge is 2.51. The van der Waals surface area contributed by atoms with E-state index in [9.17, 15) is 5.11 Å². The van der Waals surface area contributed by atoms with E-state index in [0.29, 0.717) is 23.7 Å². The maximum absolute atomic E-state index is 9.93. The summed E-state index contributed by atoms with van der Waals surface area (Å²) in [5.41, 5.74) is -0.203. The van der Waals surface area contributed by atoms with Crippen molar-refractivity contribution >= 4 is 0 Å². The topological polar surface area (TPSA) is 47.9 Å². The quantitative estimate of drug-likeness (QED) is 0.890. The molecule has 4 nitrogen and oxygen atoms in total. The average Bonchev–Trinajstić information content (AvgIpc) is 2.45. The Kier molecular flexibility index (Phi) is 3.90. The normalized spacial score (nSPS) is 29.5. The standard InChI is InChI=1S/C15H22O4/c1-5-15(2)12(16)9-13(15)19-14-10(17-3)7-6-8-11(14)18-4/h6-8,12-13,16H,5,9H2,1-4H3. The van der Waals surface area contributed by atoms with Crippen LogP contribution in [-0.2, 0) is 0 Å². The van der Waals surface area contributed by atoms with E-state index in [2.05, 4.69) is 6.92 Å². The minimum Gasteiger partial charge on any atom is -0.493 e. The van der Waals surface area contributed by atoms with Gasteiger partial charge in [0.15, 0.2) is 11.5 Å². The number of para-hydroxylation sites is 1. The highest BCUT2D eigenvalue weighted by molar-refractivity contribution is 5.51. The molecule has 106 valence electrons. The Labute approximate surface area is 114 Å². The second-order valence-electron chi connectivity index (χ2n) is 5.21. The fourth-order valence-electron chi connectivity index (χ4n) is 2.52. The zero-order valence-electron chi connectivity index (χ0n) is 12.0. The highest BCUT2D eigenvalue weighted by atomic mass is 16.5. The van der Waals surface area contributed by atoms with Gasteiger partial charge in [0.1, 0.15) is 6.10 Å². The number of aliphatic hydroxyl groups excluding tert-OH is 1. The van der Waals surface area contributed by atoms with Crippen molar-refractivity contribution < 1.29 is 19.3 Å². The van der Waals surface area contributed by atoms with Gasteiger partial charge in [-0.3, -0.25) is 0 Å². The van der Waals surface area contributed by atoms with E-state index < -0.39 is 0 Å². The van der Waals surface area contributed by atoms with Gasteiger partial charge < -0.3 is 19.3 Å². The lowest BCUT2D eigenvalue weighted by Gasteiger charge is -2.50. The predicted octanol–water partition coefficient (Wildman–Crippen LogP) is 2.63. The molecule has 3 unspecified atom stereocenters. The van der Waals surface area contributed by atoms with Crippen molar-refractivity contribution in [2.75, 3.05) is 14.2 Å². The van der Waals surface area contributed by atoms with E-state index in [0.717, 1.165) is 6.42 Å². The lowest BCUT2D eigenvalue weighted by Crippen LogP contribution is -2.57. The zero-order valence-corrected chi connectivity index (χ0v) is 12.0. The molecule has 1 fully saturated rings. The number of hydrogen-bond donors (Lipinski definition) is 1. The Morgan fingerprint density at radius 2 is 1.84 bits per heavy atom. The Morgan fingerprint density at radius 1 is 1.26 bits per heavy atom. The smallest absolute Gasteiger partial charge is 0.203 e. The maximum Gasteiger partial charge on any atom is 0.203 e. The minimum atomic E-state index is -0.303. The molecule has 1 aliphatic rings. The molecule has 1 aromatic rings. The number of benzene rings is 1. The summed E-state index contributed by atoms with van der Waals surface area (Å²) in [6.07, 6.45) is 1.20. The van der Waals surface area contributed by atoms with Gasteiger partial charge in [0.2, 0.25) is 5.75 Å². The van der Waals surface area contributed by atoms with E-state index in [-0.39, 0.29) is 17.6 Å². The summed E-state index contributed by atoms with van der Waals surface area (Å²) in [6, 6.07) is 5.55. The Hall–Kier alpha value is -1.42. The maximum atomic E-state index is 9.93. The van der Waals surface area contributed by atoms with E-state index in [4.69, 9.17) is 14.2 Å². The van der Waals surface area contributed by atoms with Crippen molar-refractivity contribution in [3.63, 3.8) is 0 Å². The molecule has 1 saturated carbocycles. The Balaban J connectivity index is 2.24. The van der Waals surface area contributed by atoms with Gasteiger partial charge in [-0.2, -0.15) is 0 Å². The second-order valence-corrected chi connectivity index (χ2v) is 5.21. The zero-order chi connectivity index (χ0) is 14.0. The monoisotopic (exact) mass is 266 g/mol. The fraction of sp³-hybridized carbons (Fsp3) is 0.600. The van der Waals surface area contributed by atoms with Crippen LogP contribution < -0.4 is 14.2 Å². The molecule has 0 heterocycles. The highest BCUT2D eigenvalue weighted by Crippen LogP contribution is 2.48. The SMILES string of the molecule is CCC1(C)C(O)CC1Oc1c(OC)cccc1OC.